The highest BCUT2D eigenvalue weighted by molar-refractivity contribution is 8.00. The number of alkyl halides is 6. The van der Waals surface area contributed by atoms with Crippen LogP contribution in [0.5, 0.6) is 0 Å². The summed E-state index contributed by atoms with van der Waals surface area (Å²) >= 11 is 36.5. The number of aromatic nitrogens is 3. The third-order valence-electron chi connectivity index (χ3n) is 3.54. The zero-order chi connectivity index (χ0) is 22.5. The standard InChI is InChI=1S/C17H15Cl6N3O3S/c1-2-29-8-7-11(13(27)28)30-10-5-3-9(4-6-10)12-24-14(16(18,19)20)26-15(25-12)17(21,22)23/h3-6,11H,2,7-8H2,1H3,(H,27,28). The predicted molar refractivity (Wildman–Crippen MR) is 122 cm³/mol. The van der Waals surface area contributed by atoms with Gasteiger partial charge in [0, 0.05) is 23.7 Å². The zero-order valence-electron chi connectivity index (χ0n) is 15.3. The van der Waals surface area contributed by atoms with Crippen molar-refractivity contribution in [3.05, 3.63) is 35.9 Å². The van der Waals surface area contributed by atoms with E-state index in [2.05, 4.69) is 15.0 Å². The number of aliphatic carboxylic acids is 1. The number of hydrogen-bond acceptors (Lipinski definition) is 6. The van der Waals surface area contributed by atoms with Crippen molar-refractivity contribution >= 4 is 87.3 Å². The van der Waals surface area contributed by atoms with Crippen LogP contribution < -0.4 is 0 Å². The van der Waals surface area contributed by atoms with Crippen molar-refractivity contribution < 1.29 is 14.6 Å². The van der Waals surface area contributed by atoms with Gasteiger partial charge in [-0.05, 0) is 25.5 Å². The summed E-state index contributed by atoms with van der Waals surface area (Å²) in [6, 6.07) is 6.82. The Morgan fingerprint density at radius 3 is 2.00 bits per heavy atom. The van der Waals surface area contributed by atoms with Gasteiger partial charge in [-0.15, -0.1) is 11.8 Å². The van der Waals surface area contributed by atoms with Crippen molar-refractivity contribution in [1.82, 2.24) is 15.0 Å². The highest BCUT2D eigenvalue weighted by atomic mass is 35.6. The van der Waals surface area contributed by atoms with Crippen LogP contribution >= 0.6 is 81.4 Å². The van der Waals surface area contributed by atoms with Crippen LogP contribution in [0.2, 0.25) is 0 Å². The highest BCUT2D eigenvalue weighted by Crippen LogP contribution is 2.40. The van der Waals surface area contributed by atoms with E-state index in [1.807, 2.05) is 6.92 Å². The molecule has 0 aliphatic carbocycles. The molecule has 0 saturated carbocycles. The molecule has 30 heavy (non-hydrogen) atoms. The lowest BCUT2D eigenvalue weighted by Crippen LogP contribution is -2.18. The van der Waals surface area contributed by atoms with Gasteiger partial charge < -0.3 is 9.84 Å². The molecule has 0 aliphatic heterocycles. The van der Waals surface area contributed by atoms with Gasteiger partial charge in [-0.25, -0.2) is 15.0 Å². The first-order valence-electron chi connectivity index (χ1n) is 8.40. The maximum atomic E-state index is 11.5. The Bertz CT molecular complexity index is 842. The van der Waals surface area contributed by atoms with E-state index < -0.39 is 18.8 Å². The summed E-state index contributed by atoms with van der Waals surface area (Å²) in [5.41, 5.74) is 0.536. The van der Waals surface area contributed by atoms with Gasteiger partial charge in [-0.1, -0.05) is 81.7 Å². The second-order valence-corrected chi connectivity index (χ2v) is 11.6. The van der Waals surface area contributed by atoms with Crippen LogP contribution in [0.1, 0.15) is 25.0 Å². The lowest BCUT2D eigenvalue weighted by atomic mass is 10.2. The SMILES string of the molecule is CCOCCC(Sc1ccc(-c2nc(C(Cl)(Cl)Cl)nc(C(Cl)(Cl)Cl)n2)cc1)C(=O)O. The molecule has 1 unspecified atom stereocenters. The first-order chi connectivity index (χ1) is 13.9. The molecular formula is C17H15Cl6N3O3S. The second-order valence-electron chi connectivity index (χ2n) is 5.76. The summed E-state index contributed by atoms with van der Waals surface area (Å²) in [4.78, 5) is 24.4. The average Bonchev–Trinajstić information content (AvgIpc) is 2.66. The molecule has 0 spiro atoms. The number of nitrogens with zero attached hydrogens (tertiary/aromatic N) is 3. The van der Waals surface area contributed by atoms with Crippen LogP contribution in [0, 0.1) is 0 Å². The van der Waals surface area contributed by atoms with Gasteiger partial charge in [-0.3, -0.25) is 4.79 Å². The van der Waals surface area contributed by atoms with Gasteiger partial charge in [0.1, 0.15) is 5.25 Å². The van der Waals surface area contributed by atoms with E-state index in [1.165, 1.54) is 11.8 Å². The lowest BCUT2D eigenvalue weighted by Gasteiger charge is -2.16. The molecule has 1 N–H and O–H groups in total. The van der Waals surface area contributed by atoms with Crippen LogP contribution in [0.25, 0.3) is 11.4 Å². The number of carboxylic acid groups (broad SMARTS) is 1. The molecular weight excluding hydrogens is 539 g/mol. The molecule has 2 aromatic rings. The lowest BCUT2D eigenvalue weighted by molar-refractivity contribution is -0.136. The number of ether oxygens (including phenoxy) is 1. The summed E-state index contributed by atoms with van der Waals surface area (Å²) in [7, 11) is 0. The Hall–Kier alpha value is -0.250. The third-order valence-corrected chi connectivity index (χ3v) is 5.82. The van der Waals surface area contributed by atoms with E-state index in [1.54, 1.807) is 24.3 Å². The fourth-order valence-electron chi connectivity index (χ4n) is 2.17. The summed E-state index contributed by atoms with van der Waals surface area (Å²) in [6.45, 7) is 2.75. The van der Waals surface area contributed by atoms with Gasteiger partial charge in [0.2, 0.25) is 7.59 Å². The number of thioether (sulfide) groups is 1. The average molecular weight is 554 g/mol. The third kappa shape index (κ3) is 7.71. The number of carbonyl (C=O) groups is 1. The van der Waals surface area contributed by atoms with Crippen LogP contribution in [0.3, 0.4) is 0 Å². The molecule has 0 fully saturated rings. The van der Waals surface area contributed by atoms with Crippen molar-refractivity contribution in [2.75, 3.05) is 13.2 Å². The number of halogens is 6. The Labute approximate surface area is 207 Å². The summed E-state index contributed by atoms with van der Waals surface area (Å²) in [6.07, 6.45) is 0.377. The largest absolute Gasteiger partial charge is 0.480 e. The van der Waals surface area contributed by atoms with Gasteiger partial charge in [0.25, 0.3) is 0 Å². The van der Waals surface area contributed by atoms with E-state index in [0.717, 1.165) is 4.90 Å². The number of rotatable bonds is 8. The van der Waals surface area contributed by atoms with Crippen molar-refractivity contribution in [2.24, 2.45) is 0 Å². The van der Waals surface area contributed by atoms with E-state index in [0.29, 0.717) is 25.2 Å². The topological polar surface area (TPSA) is 85.2 Å². The normalized spacial score (nSPS) is 13.3. The first kappa shape index (κ1) is 26.0. The van der Waals surface area contributed by atoms with Gasteiger partial charge >= 0.3 is 5.97 Å². The monoisotopic (exact) mass is 551 g/mol. The Morgan fingerprint density at radius 1 is 1.03 bits per heavy atom. The number of carboxylic acids is 1. The molecule has 1 atom stereocenters. The van der Waals surface area contributed by atoms with Gasteiger partial charge in [-0.2, -0.15) is 0 Å². The van der Waals surface area contributed by atoms with Crippen molar-refractivity contribution in [3.63, 3.8) is 0 Å². The molecule has 2 rings (SSSR count). The number of benzene rings is 1. The molecule has 0 bridgehead atoms. The smallest absolute Gasteiger partial charge is 0.317 e. The second kappa shape index (κ2) is 11.1. The zero-order valence-corrected chi connectivity index (χ0v) is 20.6. The van der Waals surface area contributed by atoms with Gasteiger partial charge in [0.15, 0.2) is 17.5 Å². The first-order valence-corrected chi connectivity index (χ1v) is 11.5. The predicted octanol–water partition coefficient (Wildman–Crippen LogP) is 6.16. The molecule has 1 heterocycles. The van der Waals surface area contributed by atoms with Crippen molar-refractivity contribution in [2.45, 2.75) is 31.1 Å². The van der Waals surface area contributed by atoms with Gasteiger partial charge in [0.05, 0.1) is 0 Å². The molecule has 0 amide bonds. The van der Waals surface area contributed by atoms with E-state index in [4.69, 9.17) is 74.3 Å². The Morgan fingerprint density at radius 2 is 1.57 bits per heavy atom. The summed E-state index contributed by atoms with van der Waals surface area (Å²) in [5.74, 6) is -1.17. The molecule has 1 aromatic heterocycles. The number of hydrogen-bond donors (Lipinski definition) is 1. The molecule has 6 nitrogen and oxygen atoms in total. The molecule has 0 aliphatic rings. The van der Waals surface area contributed by atoms with E-state index in [9.17, 15) is 9.90 Å². The minimum atomic E-state index is -1.95. The molecule has 0 saturated heterocycles. The maximum absolute atomic E-state index is 11.5. The van der Waals surface area contributed by atoms with Crippen molar-refractivity contribution in [3.8, 4) is 11.4 Å². The minimum absolute atomic E-state index is 0.135. The fourth-order valence-corrected chi connectivity index (χ4v) is 3.62. The Balaban J connectivity index is 2.30. The molecule has 1 aromatic carbocycles. The summed E-state index contributed by atoms with van der Waals surface area (Å²) in [5, 5.41) is 8.75. The molecule has 164 valence electrons. The van der Waals surface area contributed by atoms with E-state index >= 15 is 0 Å². The molecule has 0 radical (unpaired) electrons. The van der Waals surface area contributed by atoms with E-state index in [-0.39, 0.29) is 17.5 Å². The van der Waals surface area contributed by atoms with Crippen LogP contribution in [0.15, 0.2) is 29.2 Å². The van der Waals surface area contributed by atoms with Crippen LogP contribution in [0.4, 0.5) is 0 Å². The molecule has 13 heteroatoms. The fraction of sp³-hybridized carbons (Fsp3) is 0.412. The highest BCUT2D eigenvalue weighted by Gasteiger charge is 2.34. The minimum Gasteiger partial charge on any atom is -0.480 e. The maximum Gasteiger partial charge on any atom is 0.317 e. The van der Waals surface area contributed by atoms with Crippen molar-refractivity contribution in [1.29, 1.82) is 0 Å². The van der Waals surface area contributed by atoms with Crippen LogP contribution in [-0.2, 0) is 17.1 Å². The summed E-state index contributed by atoms with van der Waals surface area (Å²) < 4.78 is 1.34. The quantitative estimate of drug-likeness (QED) is 0.238. The van der Waals surface area contributed by atoms with Crippen LogP contribution in [-0.4, -0.2) is 44.5 Å². The Kier molecular flexibility index (Phi) is 9.58.